The van der Waals surface area contributed by atoms with Gasteiger partial charge >= 0.3 is 6.09 Å². The Morgan fingerprint density at radius 1 is 1.17 bits per heavy atom. The molecule has 3 unspecified atom stereocenters. The lowest BCUT2D eigenvalue weighted by Gasteiger charge is -2.48. The van der Waals surface area contributed by atoms with Gasteiger partial charge in [-0.2, -0.15) is 0 Å². The summed E-state index contributed by atoms with van der Waals surface area (Å²) < 4.78 is 5.66. The first kappa shape index (κ1) is 22.1. The van der Waals surface area contributed by atoms with E-state index >= 15 is 0 Å². The molecule has 1 aromatic carbocycles. The Balaban J connectivity index is 1.67. The van der Waals surface area contributed by atoms with Crippen molar-refractivity contribution in [2.75, 3.05) is 19.6 Å². The third-order valence-electron chi connectivity index (χ3n) is 6.07. The monoisotopic (exact) mass is 403 g/mol. The van der Waals surface area contributed by atoms with E-state index in [1.165, 1.54) is 19.3 Å². The number of carbonyl (C=O) groups is 1. The average Bonchev–Trinajstić information content (AvgIpc) is 2.66. The number of hydrazine groups is 1. The zero-order valence-corrected chi connectivity index (χ0v) is 18.1. The van der Waals surface area contributed by atoms with Gasteiger partial charge in [0, 0.05) is 25.7 Å². The second-order valence-electron chi connectivity index (χ2n) is 9.66. The summed E-state index contributed by atoms with van der Waals surface area (Å²) in [4.78, 5) is 12.9. The highest BCUT2D eigenvalue weighted by Crippen LogP contribution is 2.35. The maximum Gasteiger partial charge on any atom is 0.424 e. The minimum atomic E-state index is -0.722. The number of hydrogen-bond acceptors (Lipinski definition) is 5. The van der Waals surface area contributed by atoms with Gasteiger partial charge in [-0.05, 0) is 57.4 Å². The first-order chi connectivity index (χ1) is 13.7. The number of fused-ring (bicyclic) bond motifs is 1. The standard InChI is InChI=1S/C23H37N3O3/c1-23(2,3)29-22(28)26-15-19-12-8-7-11-18(19)14-25(26)16-21(27)20(24)13-17-9-5-4-6-10-17/h4-6,9-10,18-21,27H,7-8,11-16,24H2,1-3H3/t18?,19?,20-,21?/m0/s1. The molecule has 3 N–H and O–H groups in total. The fourth-order valence-electron chi connectivity index (χ4n) is 4.52. The Bertz CT molecular complexity index is 661. The molecule has 29 heavy (non-hydrogen) atoms. The van der Waals surface area contributed by atoms with Gasteiger partial charge in [0.2, 0.25) is 0 Å². The largest absolute Gasteiger partial charge is 0.443 e. The van der Waals surface area contributed by atoms with Crippen molar-refractivity contribution in [1.29, 1.82) is 0 Å². The summed E-state index contributed by atoms with van der Waals surface area (Å²) in [5.74, 6) is 1.09. The van der Waals surface area contributed by atoms with Gasteiger partial charge in [0.25, 0.3) is 0 Å². The van der Waals surface area contributed by atoms with E-state index in [-0.39, 0.29) is 12.1 Å². The van der Waals surface area contributed by atoms with Crippen LogP contribution in [-0.4, -0.2) is 58.6 Å². The number of benzene rings is 1. The highest BCUT2D eigenvalue weighted by atomic mass is 16.6. The van der Waals surface area contributed by atoms with Gasteiger partial charge < -0.3 is 15.6 Å². The van der Waals surface area contributed by atoms with Crippen LogP contribution in [0.4, 0.5) is 4.79 Å². The first-order valence-electron chi connectivity index (χ1n) is 11.0. The van der Waals surface area contributed by atoms with Crippen molar-refractivity contribution in [3.05, 3.63) is 35.9 Å². The highest BCUT2D eigenvalue weighted by Gasteiger charge is 2.40. The van der Waals surface area contributed by atoms with Crippen LogP contribution in [-0.2, 0) is 11.2 Å². The second-order valence-corrected chi connectivity index (χ2v) is 9.66. The van der Waals surface area contributed by atoms with E-state index in [1.54, 1.807) is 5.01 Å². The molecule has 0 radical (unpaired) electrons. The van der Waals surface area contributed by atoms with Gasteiger partial charge in [0.05, 0.1) is 6.10 Å². The van der Waals surface area contributed by atoms with Crippen LogP contribution in [0.1, 0.15) is 52.0 Å². The zero-order chi connectivity index (χ0) is 21.0. The molecule has 1 saturated heterocycles. The highest BCUT2D eigenvalue weighted by molar-refractivity contribution is 5.67. The molecular weight excluding hydrogens is 366 g/mol. The summed E-state index contributed by atoms with van der Waals surface area (Å²) in [6, 6.07) is 9.58. The predicted molar refractivity (Wildman–Crippen MR) is 114 cm³/mol. The summed E-state index contributed by atoms with van der Waals surface area (Å²) in [7, 11) is 0. The molecule has 1 amide bonds. The van der Waals surface area contributed by atoms with E-state index in [9.17, 15) is 9.90 Å². The fraction of sp³-hybridized carbons (Fsp3) is 0.696. The molecule has 3 rings (SSSR count). The number of aliphatic hydroxyl groups excluding tert-OH is 1. The van der Waals surface area contributed by atoms with Crippen LogP contribution in [0.5, 0.6) is 0 Å². The maximum atomic E-state index is 12.9. The molecule has 0 bridgehead atoms. The lowest BCUT2D eigenvalue weighted by Crippen LogP contribution is -2.60. The van der Waals surface area contributed by atoms with Crippen LogP contribution in [0.2, 0.25) is 0 Å². The Labute approximate surface area is 175 Å². The van der Waals surface area contributed by atoms with E-state index in [0.717, 1.165) is 18.5 Å². The number of rotatable bonds is 5. The van der Waals surface area contributed by atoms with Crippen molar-refractivity contribution < 1.29 is 14.6 Å². The zero-order valence-electron chi connectivity index (χ0n) is 18.1. The number of carbonyl (C=O) groups excluding carboxylic acids is 1. The lowest BCUT2D eigenvalue weighted by atomic mass is 9.77. The molecule has 1 heterocycles. The molecule has 0 spiro atoms. The van der Waals surface area contributed by atoms with E-state index in [1.807, 2.05) is 56.1 Å². The number of aliphatic hydroxyl groups is 1. The number of β-amino-alcohol motifs (C(OH)–C–C–N with tert-alkyl or cyclic N) is 1. The molecule has 6 nitrogen and oxygen atoms in total. The molecule has 1 aliphatic heterocycles. The van der Waals surface area contributed by atoms with Crippen molar-refractivity contribution >= 4 is 6.09 Å². The average molecular weight is 404 g/mol. The van der Waals surface area contributed by atoms with E-state index in [4.69, 9.17) is 10.5 Å². The quantitative estimate of drug-likeness (QED) is 0.789. The van der Waals surface area contributed by atoms with E-state index in [0.29, 0.717) is 31.3 Å². The molecule has 2 fully saturated rings. The summed E-state index contributed by atoms with van der Waals surface area (Å²) >= 11 is 0. The topological polar surface area (TPSA) is 79.0 Å². The normalized spacial score (nSPS) is 25.2. The van der Waals surface area contributed by atoms with Crippen molar-refractivity contribution in [1.82, 2.24) is 10.0 Å². The molecule has 4 atom stereocenters. The Kier molecular flexibility index (Phi) is 7.19. The summed E-state index contributed by atoms with van der Waals surface area (Å²) in [5, 5.41) is 14.5. The van der Waals surface area contributed by atoms with Crippen molar-refractivity contribution in [2.45, 2.75) is 70.6 Å². The minimum Gasteiger partial charge on any atom is -0.443 e. The van der Waals surface area contributed by atoms with Gasteiger partial charge in [0.1, 0.15) is 5.60 Å². The molecule has 162 valence electrons. The molecule has 6 heteroatoms. The lowest BCUT2D eigenvalue weighted by molar-refractivity contribution is -0.117. The van der Waals surface area contributed by atoms with Gasteiger partial charge in [-0.1, -0.05) is 43.2 Å². The van der Waals surface area contributed by atoms with Crippen LogP contribution >= 0.6 is 0 Å². The molecule has 0 aromatic heterocycles. The van der Waals surface area contributed by atoms with Gasteiger partial charge in [0.15, 0.2) is 0 Å². The first-order valence-corrected chi connectivity index (χ1v) is 11.0. The van der Waals surface area contributed by atoms with Gasteiger partial charge in [-0.3, -0.25) is 0 Å². The number of ether oxygens (including phenoxy) is 1. The minimum absolute atomic E-state index is 0.328. The molecule has 1 aromatic rings. The van der Waals surface area contributed by atoms with Crippen molar-refractivity contribution in [3.63, 3.8) is 0 Å². The maximum absolute atomic E-state index is 12.9. The van der Waals surface area contributed by atoms with Crippen LogP contribution in [0.25, 0.3) is 0 Å². The van der Waals surface area contributed by atoms with E-state index < -0.39 is 11.7 Å². The summed E-state index contributed by atoms with van der Waals surface area (Å²) in [6.07, 6.45) is 4.38. The number of hydrogen-bond donors (Lipinski definition) is 2. The second kappa shape index (κ2) is 9.45. The molecule has 1 aliphatic carbocycles. The molecule has 1 saturated carbocycles. The fourth-order valence-corrected chi connectivity index (χ4v) is 4.52. The third-order valence-corrected chi connectivity index (χ3v) is 6.07. The van der Waals surface area contributed by atoms with Crippen molar-refractivity contribution in [2.24, 2.45) is 17.6 Å². The SMILES string of the molecule is CC(C)(C)OC(=O)N1CC2CCCCC2CN1CC(O)[C@@H](N)Cc1ccccc1. The predicted octanol–water partition coefficient (Wildman–Crippen LogP) is 3.19. The third kappa shape index (κ3) is 6.17. The van der Waals surface area contributed by atoms with Crippen LogP contribution < -0.4 is 5.73 Å². The Hall–Kier alpha value is -1.63. The van der Waals surface area contributed by atoms with Gasteiger partial charge in [-0.15, -0.1) is 0 Å². The van der Waals surface area contributed by atoms with E-state index in [2.05, 4.69) is 0 Å². The van der Waals surface area contributed by atoms with Crippen LogP contribution in [0.15, 0.2) is 30.3 Å². The number of nitrogens with zero attached hydrogens (tertiary/aromatic N) is 2. The Morgan fingerprint density at radius 3 is 2.41 bits per heavy atom. The molecular formula is C23H37N3O3. The van der Waals surface area contributed by atoms with Crippen LogP contribution in [0, 0.1) is 11.8 Å². The van der Waals surface area contributed by atoms with Crippen LogP contribution in [0.3, 0.4) is 0 Å². The summed E-state index contributed by atoms with van der Waals surface area (Å²) in [5.41, 5.74) is 6.87. The molecule has 2 aliphatic rings. The Morgan fingerprint density at radius 2 is 1.79 bits per heavy atom. The number of nitrogens with two attached hydrogens (primary N) is 1. The van der Waals surface area contributed by atoms with Gasteiger partial charge in [-0.25, -0.2) is 14.8 Å². The number of amides is 1. The smallest absolute Gasteiger partial charge is 0.424 e. The van der Waals surface area contributed by atoms with Crippen molar-refractivity contribution in [3.8, 4) is 0 Å². The summed E-state index contributed by atoms with van der Waals surface area (Å²) in [6.45, 7) is 7.43.